The van der Waals surface area contributed by atoms with Crippen molar-refractivity contribution in [3.05, 3.63) is 33.2 Å². The molecular weight excluding hydrogens is 248 g/mol. The van der Waals surface area contributed by atoms with Crippen LogP contribution in [0.2, 0.25) is 0 Å². The van der Waals surface area contributed by atoms with E-state index in [1.807, 2.05) is 18.4 Å². The summed E-state index contributed by atoms with van der Waals surface area (Å²) in [7, 11) is 0. The van der Waals surface area contributed by atoms with Gasteiger partial charge in [-0.1, -0.05) is 13.8 Å². The Morgan fingerprint density at radius 3 is 2.55 bits per heavy atom. The third-order valence-corrected chi connectivity index (χ3v) is 4.22. The fourth-order valence-corrected chi connectivity index (χ4v) is 2.97. The molecular formula is C17H28N2O. The molecule has 0 bridgehead atoms. The van der Waals surface area contributed by atoms with Crippen LogP contribution in [0.15, 0.2) is 10.9 Å². The van der Waals surface area contributed by atoms with Crippen molar-refractivity contribution in [1.82, 2.24) is 4.57 Å². The molecule has 1 aliphatic rings. The topological polar surface area (TPSA) is 48.0 Å². The Hall–Kier alpha value is -1.09. The first-order valence-electron chi connectivity index (χ1n) is 7.85. The summed E-state index contributed by atoms with van der Waals surface area (Å²) >= 11 is 0. The predicted octanol–water partition coefficient (Wildman–Crippen LogP) is 2.97. The molecule has 0 radical (unpaired) electrons. The van der Waals surface area contributed by atoms with E-state index < -0.39 is 5.54 Å². The highest BCUT2D eigenvalue weighted by molar-refractivity contribution is 5.32. The van der Waals surface area contributed by atoms with Crippen LogP contribution in [0.1, 0.15) is 63.8 Å². The summed E-state index contributed by atoms with van der Waals surface area (Å²) < 4.78 is 2.01. The molecule has 2 N–H and O–H groups in total. The molecule has 20 heavy (non-hydrogen) atoms. The molecule has 0 aromatic carbocycles. The van der Waals surface area contributed by atoms with Crippen LogP contribution in [0.3, 0.4) is 0 Å². The lowest BCUT2D eigenvalue weighted by Gasteiger charge is -2.27. The van der Waals surface area contributed by atoms with Gasteiger partial charge in [0, 0.05) is 23.3 Å². The minimum absolute atomic E-state index is 0.124. The molecule has 0 unspecified atom stereocenters. The van der Waals surface area contributed by atoms with Crippen LogP contribution in [-0.2, 0) is 24.9 Å². The van der Waals surface area contributed by atoms with Gasteiger partial charge in [0.15, 0.2) is 0 Å². The summed E-state index contributed by atoms with van der Waals surface area (Å²) in [5.74, 6) is 0.607. The molecule has 2 rings (SSSR count). The third-order valence-electron chi connectivity index (χ3n) is 4.22. The molecule has 3 nitrogen and oxygen atoms in total. The SMILES string of the molecule is CC(C)CCn1c2c(cc(C(C)(C)N)c1=O)CCCC2. The molecule has 0 fully saturated rings. The van der Waals surface area contributed by atoms with Gasteiger partial charge in [-0.3, -0.25) is 4.79 Å². The number of aryl methyl sites for hydroxylation is 1. The van der Waals surface area contributed by atoms with Gasteiger partial charge >= 0.3 is 0 Å². The summed E-state index contributed by atoms with van der Waals surface area (Å²) in [6.45, 7) is 9.07. The maximum Gasteiger partial charge on any atom is 0.255 e. The van der Waals surface area contributed by atoms with Gasteiger partial charge in [-0.25, -0.2) is 0 Å². The van der Waals surface area contributed by atoms with Gasteiger partial charge in [0.25, 0.3) is 5.56 Å². The highest BCUT2D eigenvalue weighted by Crippen LogP contribution is 2.24. The Morgan fingerprint density at radius 2 is 1.95 bits per heavy atom. The Kier molecular flexibility index (Phi) is 4.38. The van der Waals surface area contributed by atoms with E-state index in [-0.39, 0.29) is 5.56 Å². The lowest BCUT2D eigenvalue weighted by Crippen LogP contribution is -2.40. The van der Waals surface area contributed by atoms with Crippen molar-refractivity contribution in [2.24, 2.45) is 11.7 Å². The van der Waals surface area contributed by atoms with E-state index in [0.717, 1.165) is 31.4 Å². The van der Waals surface area contributed by atoms with Gasteiger partial charge in [-0.05, 0) is 63.5 Å². The quantitative estimate of drug-likeness (QED) is 0.919. The van der Waals surface area contributed by atoms with Crippen molar-refractivity contribution in [3.8, 4) is 0 Å². The first-order valence-corrected chi connectivity index (χ1v) is 7.85. The fourth-order valence-electron chi connectivity index (χ4n) is 2.97. The molecule has 3 heteroatoms. The number of hydrogen-bond acceptors (Lipinski definition) is 2. The fraction of sp³-hybridized carbons (Fsp3) is 0.706. The lowest BCUT2D eigenvalue weighted by atomic mass is 9.89. The number of rotatable bonds is 4. The highest BCUT2D eigenvalue weighted by Gasteiger charge is 2.24. The zero-order valence-corrected chi connectivity index (χ0v) is 13.3. The first-order chi connectivity index (χ1) is 9.30. The lowest BCUT2D eigenvalue weighted by molar-refractivity contribution is 0.468. The van der Waals surface area contributed by atoms with Crippen molar-refractivity contribution in [3.63, 3.8) is 0 Å². The van der Waals surface area contributed by atoms with Gasteiger partial charge in [-0.2, -0.15) is 0 Å². The predicted molar refractivity (Wildman–Crippen MR) is 84.0 cm³/mol. The molecule has 1 aromatic rings. The molecule has 0 saturated carbocycles. The molecule has 0 aliphatic heterocycles. The number of nitrogens with two attached hydrogens (primary N) is 1. The van der Waals surface area contributed by atoms with Crippen LogP contribution < -0.4 is 11.3 Å². The number of fused-ring (bicyclic) bond motifs is 1. The highest BCUT2D eigenvalue weighted by atomic mass is 16.1. The zero-order chi connectivity index (χ0) is 14.9. The molecule has 0 saturated heterocycles. The van der Waals surface area contributed by atoms with E-state index in [2.05, 4.69) is 19.9 Å². The van der Waals surface area contributed by atoms with Crippen molar-refractivity contribution >= 4 is 0 Å². The van der Waals surface area contributed by atoms with E-state index in [9.17, 15) is 4.79 Å². The number of aromatic nitrogens is 1. The Bertz CT molecular complexity index is 535. The van der Waals surface area contributed by atoms with Gasteiger partial charge in [0.2, 0.25) is 0 Å². The van der Waals surface area contributed by atoms with E-state index in [1.54, 1.807) is 0 Å². The van der Waals surface area contributed by atoms with Crippen LogP contribution in [0, 0.1) is 5.92 Å². The van der Waals surface area contributed by atoms with Gasteiger partial charge < -0.3 is 10.3 Å². The second-order valence-corrected chi connectivity index (χ2v) is 7.10. The summed E-state index contributed by atoms with van der Waals surface area (Å²) in [5.41, 5.74) is 9.13. The second kappa shape index (κ2) is 5.72. The van der Waals surface area contributed by atoms with Crippen LogP contribution in [0.4, 0.5) is 0 Å². The smallest absolute Gasteiger partial charge is 0.255 e. The molecule has 1 aliphatic carbocycles. The molecule has 1 aromatic heterocycles. The van der Waals surface area contributed by atoms with Crippen molar-refractivity contribution < 1.29 is 0 Å². The standard InChI is InChI=1S/C17H28N2O/c1-12(2)9-10-19-15-8-6-5-7-13(15)11-14(16(19)20)17(3,4)18/h11-12H,5-10,18H2,1-4H3. The Morgan fingerprint density at radius 1 is 1.30 bits per heavy atom. The molecule has 0 amide bonds. The third kappa shape index (κ3) is 3.14. The van der Waals surface area contributed by atoms with Gasteiger partial charge in [-0.15, -0.1) is 0 Å². The maximum absolute atomic E-state index is 12.8. The molecule has 0 spiro atoms. The van der Waals surface area contributed by atoms with E-state index >= 15 is 0 Å². The summed E-state index contributed by atoms with van der Waals surface area (Å²) in [6.07, 6.45) is 5.58. The van der Waals surface area contributed by atoms with Crippen LogP contribution >= 0.6 is 0 Å². The zero-order valence-electron chi connectivity index (χ0n) is 13.3. The Labute approximate surface area is 122 Å². The monoisotopic (exact) mass is 276 g/mol. The van der Waals surface area contributed by atoms with Crippen molar-refractivity contribution in [1.29, 1.82) is 0 Å². The average Bonchev–Trinajstić information content (AvgIpc) is 2.35. The van der Waals surface area contributed by atoms with Crippen molar-refractivity contribution in [2.45, 2.75) is 71.9 Å². The Balaban J connectivity index is 2.53. The van der Waals surface area contributed by atoms with E-state index in [4.69, 9.17) is 5.73 Å². The van der Waals surface area contributed by atoms with Gasteiger partial charge in [0.05, 0.1) is 0 Å². The average molecular weight is 276 g/mol. The normalized spacial score (nSPS) is 15.5. The maximum atomic E-state index is 12.8. The van der Waals surface area contributed by atoms with Crippen LogP contribution in [-0.4, -0.2) is 4.57 Å². The largest absolute Gasteiger partial charge is 0.322 e. The molecule has 0 atom stereocenters. The minimum atomic E-state index is -0.566. The first kappa shape index (κ1) is 15.3. The summed E-state index contributed by atoms with van der Waals surface area (Å²) in [5, 5.41) is 0. The van der Waals surface area contributed by atoms with E-state index in [0.29, 0.717) is 5.92 Å². The summed E-state index contributed by atoms with van der Waals surface area (Å²) in [6, 6.07) is 2.07. The number of nitrogens with zero attached hydrogens (tertiary/aromatic N) is 1. The second-order valence-electron chi connectivity index (χ2n) is 7.10. The summed E-state index contributed by atoms with van der Waals surface area (Å²) in [4.78, 5) is 12.8. The molecule has 112 valence electrons. The number of hydrogen-bond donors (Lipinski definition) is 1. The van der Waals surface area contributed by atoms with Crippen LogP contribution in [0.25, 0.3) is 0 Å². The van der Waals surface area contributed by atoms with Crippen LogP contribution in [0.5, 0.6) is 0 Å². The number of pyridine rings is 1. The van der Waals surface area contributed by atoms with Gasteiger partial charge in [0.1, 0.15) is 0 Å². The minimum Gasteiger partial charge on any atom is -0.322 e. The van der Waals surface area contributed by atoms with Crippen molar-refractivity contribution in [2.75, 3.05) is 0 Å². The molecule has 1 heterocycles. The van der Waals surface area contributed by atoms with E-state index in [1.165, 1.54) is 24.1 Å².